The maximum atomic E-state index is 5.58. The van der Waals surface area contributed by atoms with Crippen LogP contribution in [0, 0.1) is 11.3 Å². The lowest BCUT2D eigenvalue weighted by molar-refractivity contribution is 0.0241. The van der Waals surface area contributed by atoms with Gasteiger partial charge in [-0.1, -0.05) is 34.6 Å². The largest absolute Gasteiger partial charge is 0.381 e. The van der Waals surface area contributed by atoms with E-state index in [1.807, 2.05) is 0 Å². The van der Waals surface area contributed by atoms with Crippen molar-refractivity contribution in [2.24, 2.45) is 16.3 Å². The van der Waals surface area contributed by atoms with Crippen molar-refractivity contribution in [1.29, 1.82) is 0 Å². The Morgan fingerprint density at radius 2 is 1.86 bits per heavy atom. The van der Waals surface area contributed by atoms with Gasteiger partial charge in [0.05, 0.1) is 12.6 Å². The number of rotatable bonds is 10. The van der Waals surface area contributed by atoms with Gasteiger partial charge in [-0.15, -0.1) is 0 Å². The molecule has 5 nitrogen and oxygen atoms in total. The molecule has 0 aromatic rings. The number of ether oxygens (including phenoxy) is 2. The molecule has 0 aliphatic heterocycles. The van der Waals surface area contributed by atoms with Crippen molar-refractivity contribution in [2.75, 3.05) is 40.0 Å². The summed E-state index contributed by atoms with van der Waals surface area (Å²) in [6.07, 6.45) is 1.08. The number of hydrogen-bond acceptors (Lipinski definition) is 3. The van der Waals surface area contributed by atoms with Crippen LogP contribution in [0.5, 0.6) is 0 Å². The zero-order valence-corrected chi connectivity index (χ0v) is 15.7. The second-order valence-electron chi connectivity index (χ2n) is 7.06. The zero-order chi connectivity index (χ0) is 17.0. The molecular weight excluding hydrogens is 278 g/mol. The van der Waals surface area contributed by atoms with Crippen LogP contribution in [0.4, 0.5) is 0 Å². The van der Waals surface area contributed by atoms with E-state index >= 15 is 0 Å². The topological polar surface area (TPSA) is 54.9 Å². The highest BCUT2D eigenvalue weighted by Gasteiger charge is 2.23. The van der Waals surface area contributed by atoms with Crippen molar-refractivity contribution in [1.82, 2.24) is 10.6 Å². The van der Waals surface area contributed by atoms with Crippen molar-refractivity contribution in [3.63, 3.8) is 0 Å². The average Bonchev–Trinajstić information content (AvgIpc) is 2.41. The molecule has 132 valence electrons. The van der Waals surface area contributed by atoms with Crippen LogP contribution < -0.4 is 10.6 Å². The molecule has 0 radical (unpaired) electrons. The smallest absolute Gasteiger partial charge is 0.191 e. The summed E-state index contributed by atoms with van der Waals surface area (Å²) in [5, 5.41) is 6.61. The van der Waals surface area contributed by atoms with Crippen molar-refractivity contribution in [2.45, 2.75) is 54.1 Å². The van der Waals surface area contributed by atoms with E-state index in [-0.39, 0.29) is 11.5 Å². The SMILES string of the molecule is CCNC(=NCC(OC)C(C)(C)C)NCCCOCC(C)C. The van der Waals surface area contributed by atoms with Crippen LogP contribution in [-0.4, -0.2) is 52.0 Å². The fourth-order valence-electron chi connectivity index (χ4n) is 1.92. The summed E-state index contributed by atoms with van der Waals surface area (Å²) >= 11 is 0. The van der Waals surface area contributed by atoms with Gasteiger partial charge in [-0.25, -0.2) is 0 Å². The van der Waals surface area contributed by atoms with E-state index in [0.717, 1.165) is 38.7 Å². The highest BCUT2D eigenvalue weighted by Crippen LogP contribution is 2.21. The summed E-state index contributed by atoms with van der Waals surface area (Å²) in [5.74, 6) is 1.44. The molecule has 0 aliphatic carbocycles. The molecular formula is C17H37N3O2. The minimum atomic E-state index is 0.0836. The van der Waals surface area contributed by atoms with Crippen molar-refractivity contribution in [3.05, 3.63) is 0 Å². The third kappa shape index (κ3) is 10.9. The standard InChI is InChI=1S/C17H37N3O2/c1-8-18-16(19-10-9-11-22-13-14(2)3)20-12-15(21-7)17(4,5)6/h14-15H,8-13H2,1-7H3,(H2,18,19,20). The van der Waals surface area contributed by atoms with Gasteiger partial charge in [-0.3, -0.25) is 4.99 Å². The summed E-state index contributed by atoms with van der Waals surface area (Å²) in [4.78, 5) is 4.63. The Bertz CT molecular complexity index is 299. The molecule has 0 aromatic heterocycles. The lowest BCUT2D eigenvalue weighted by Gasteiger charge is -2.28. The molecule has 0 saturated heterocycles. The van der Waals surface area contributed by atoms with Crippen LogP contribution >= 0.6 is 0 Å². The number of guanidine groups is 1. The lowest BCUT2D eigenvalue weighted by Crippen LogP contribution is -2.40. The maximum absolute atomic E-state index is 5.58. The van der Waals surface area contributed by atoms with Crippen LogP contribution in [-0.2, 0) is 9.47 Å². The monoisotopic (exact) mass is 315 g/mol. The highest BCUT2D eigenvalue weighted by atomic mass is 16.5. The van der Waals surface area contributed by atoms with Gasteiger partial charge in [0.25, 0.3) is 0 Å². The number of aliphatic imine (C=N–C) groups is 1. The van der Waals surface area contributed by atoms with E-state index in [9.17, 15) is 0 Å². The Kier molecular flexibility index (Phi) is 11.3. The van der Waals surface area contributed by atoms with Crippen LogP contribution in [0.3, 0.4) is 0 Å². The Morgan fingerprint density at radius 1 is 1.18 bits per heavy atom. The number of nitrogens with zero attached hydrogens (tertiary/aromatic N) is 1. The van der Waals surface area contributed by atoms with Crippen LogP contribution in [0.2, 0.25) is 0 Å². The molecule has 0 saturated carbocycles. The fraction of sp³-hybridized carbons (Fsp3) is 0.941. The van der Waals surface area contributed by atoms with Crippen molar-refractivity contribution >= 4 is 5.96 Å². The fourth-order valence-corrected chi connectivity index (χ4v) is 1.92. The maximum Gasteiger partial charge on any atom is 0.191 e. The molecule has 0 aromatic carbocycles. The predicted molar refractivity (Wildman–Crippen MR) is 94.5 cm³/mol. The minimum absolute atomic E-state index is 0.0836. The van der Waals surface area contributed by atoms with E-state index in [4.69, 9.17) is 9.47 Å². The average molecular weight is 316 g/mol. The highest BCUT2D eigenvalue weighted by molar-refractivity contribution is 5.79. The van der Waals surface area contributed by atoms with E-state index in [0.29, 0.717) is 12.5 Å². The first-order valence-electron chi connectivity index (χ1n) is 8.44. The molecule has 0 heterocycles. The molecule has 0 fully saturated rings. The van der Waals surface area contributed by atoms with Gasteiger partial charge in [0.2, 0.25) is 0 Å². The predicted octanol–water partition coefficient (Wildman–Crippen LogP) is 2.67. The van der Waals surface area contributed by atoms with Crippen molar-refractivity contribution in [3.8, 4) is 0 Å². The number of methoxy groups -OCH3 is 1. The van der Waals surface area contributed by atoms with E-state index < -0.39 is 0 Å². The summed E-state index contributed by atoms with van der Waals surface area (Å²) in [6.45, 7) is 16.9. The van der Waals surface area contributed by atoms with E-state index in [1.165, 1.54) is 0 Å². The van der Waals surface area contributed by atoms with Gasteiger partial charge >= 0.3 is 0 Å². The molecule has 22 heavy (non-hydrogen) atoms. The van der Waals surface area contributed by atoms with Gasteiger partial charge in [0, 0.05) is 33.4 Å². The van der Waals surface area contributed by atoms with E-state index in [2.05, 4.69) is 57.2 Å². The third-order valence-corrected chi connectivity index (χ3v) is 3.22. The van der Waals surface area contributed by atoms with Crippen molar-refractivity contribution < 1.29 is 9.47 Å². The Morgan fingerprint density at radius 3 is 2.36 bits per heavy atom. The number of nitrogens with one attached hydrogen (secondary N) is 2. The Labute approximate surface area is 137 Å². The summed E-state index contributed by atoms with van der Waals surface area (Å²) < 4.78 is 11.1. The van der Waals surface area contributed by atoms with E-state index in [1.54, 1.807) is 7.11 Å². The molecule has 0 amide bonds. The van der Waals surface area contributed by atoms with Crippen LogP contribution in [0.15, 0.2) is 4.99 Å². The Balaban J connectivity index is 4.15. The first-order chi connectivity index (χ1) is 10.3. The molecule has 0 aliphatic rings. The molecule has 0 spiro atoms. The second kappa shape index (κ2) is 11.7. The third-order valence-electron chi connectivity index (χ3n) is 3.22. The van der Waals surface area contributed by atoms with Gasteiger partial charge in [-0.05, 0) is 24.7 Å². The minimum Gasteiger partial charge on any atom is -0.381 e. The summed E-state index contributed by atoms with van der Waals surface area (Å²) in [5.41, 5.74) is 0.0836. The molecule has 1 unspecified atom stereocenters. The van der Waals surface area contributed by atoms with Gasteiger partial charge in [-0.2, -0.15) is 0 Å². The molecule has 5 heteroatoms. The lowest BCUT2D eigenvalue weighted by atomic mass is 9.89. The van der Waals surface area contributed by atoms with Gasteiger partial charge in [0.15, 0.2) is 5.96 Å². The van der Waals surface area contributed by atoms with Crippen LogP contribution in [0.25, 0.3) is 0 Å². The quantitative estimate of drug-likeness (QED) is 0.370. The summed E-state index contributed by atoms with van der Waals surface area (Å²) in [6, 6.07) is 0. The Hall–Kier alpha value is -0.810. The zero-order valence-electron chi connectivity index (χ0n) is 15.7. The van der Waals surface area contributed by atoms with Gasteiger partial charge < -0.3 is 20.1 Å². The molecule has 1 atom stereocenters. The molecule has 0 bridgehead atoms. The molecule has 2 N–H and O–H groups in total. The van der Waals surface area contributed by atoms with Gasteiger partial charge in [0.1, 0.15) is 0 Å². The first kappa shape index (κ1) is 21.2. The normalized spacial score (nSPS) is 14.3. The summed E-state index contributed by atoms with van der Waals surface area (Å²) in [7, 11) is 1.75. The first-order valence-corrected chi connectivity index (χ1v) is 8.44. The molecule has 0 rings (SSSR count). The number of hydrogen-bond donors (Lipinski definition) is 2. The van der Waals surface area contributed by atoms with Crippen LogP contribution in [0.1, 0.15) is 48.0 Å². The second-order valence-corrected chi connectivity index (χ2v) is 7.06.